The minimum absolute atomic E-state index is 0.194. The highest BCUT2D eigenvalue weighted by Gasteiger charge is 2.22. The third-order valence-electron chi connectivity index (χ3n) is 3.11. The van der Waals surface area contributed by atoms with Gasteiger partial charge in [0.15, 0.2) is 0 Å². The van der Waals surface area contributed by atoms with Crippen molar-refractivity contribution in [2.45, 2.75) is 26.4 Å². The monoisotopic (exact) mass is 357 g/mol. The van der Waals surface area contributed by atoms with Gasteiger partial charge in [-0.2, -0.15) is 5.10 Å². The van der Waals surface area contributed by atoms with E-state index < -0.39 is 0 Å². The van der Waals surface area contributed by atoms with Gasteiger partial charge in [0.05, 0.1) is 44.5 Å². The summed E-state index contributed by atoms with van der Waals surface area (Å²) in [5.74, 6) is 0. The van der Waals surface area contributed by atoms with Crippen molar-refractivity contribution in [1.29, 1.82) is 0 Å². The van der Waals surface area contributed by atoms with E-state index in [1.54, 1.807) is 11.3 Å². The number of rotatable bonds is 5. The van der Waals surface area contributed by atoms with Crippen molar-refractivity contribution < 1.29 is 0 Å². The first-order chi connectivity index (χ1) is 9.40. The maximum absolute atomic E-state index is 6.45. The second-order valence-corrected chi connectivity index (χ2v) is 7.15. The number of thiazole rings is 1. The molecule has 0 aromatic carbocycles. The highest BCUT2D eigenvalue weighted by molar-refractivity contribution is 9.10. The van der Waals surface area contributed by atoms with Crippen molar-refractivity contribution in [2.75, 3.05) is 20.6 Å². The van der Waals surface area contributed by atoms with Crippen LogP contribution >= 0.6 is 27.3 Å². The van der Waals surface area contributed by atoms with Crippen LogP contribution in [0.5, 0.6) is 0 Å². The lowest BCUT2D eigenvalue weighted by Crippen LogP contribution is -2.23. The zero-order chi connectivity index (χ0) is 14.9. The van der Waals surface area contributed by atoms with Crippen LogP contribution in [0.1, 0.15) is 27.3 Å². The van der Waals surface area contributed by atoms with Crippen LogP contribution in [0, 0.1) is 13.8 Å². The fourth-order valence-corrected chi connectivity index (χ4v) is 3.59. The van der Waals surface area contributed by atoms with Gasteiger partial charge in [-0.05, 0) is 43.9 Å². The summed E-state index contributed by atoms with van der Waals surface area (Å²) < 4.78 is 2.93. The smallest absolute Gasteiger partial charge is 0.0900 e. The Hall–Kier alpha value is -0.760. The summed E-state index contributed by atoms with van der Waals surface area (Å²) in [6, 6.07) is -0.194. The molecular weight excluding hydrogens is 338 g/mol. The molecule has 0 saturated carbocycles. The van der Waals surface area contributed by atoms with Gasteiger partial charge in [-0.3, -0.25) is 4.68 Å². The van der Waals surface area contributed by atoms with Crippen LogP contribution in [-0.2, 0) is 6.54 Å². The van der Waals surface area contributed by atoms with Crippen LogP contribution in [0.4, 0.5) is 0 Å². The zero-order valence-corrected chi connectivity index (χ0v) is 14.6. The van der Waals surface area contributed by atoms with E-state index in [9.17, 15) is 0 Å². The van der Waals surface area contributed by atoms with Crippen LogP contribution in [-0.4, -0.2) is 40.3 Å². The predicted octanol–water partition coefficient (Wildman–Crippen LogP) is 2.33. The number of halogens is 1. The topological polar surface area (TPSA) is 60.0 Å². The number of nitrogens with zero attached hydrogens (tertiary/aromatic N) is 4. The molecule has 2 rings (SSSR count). The van der Waals surface area contributed by atoms with Crippen LogP contribution in [0.2, 0.25) is 0 Å². The first-order valence-corrected chi connectivity index (χ1v) is 8.06. The van der Waals surface area contributed by atoms with Crippen molar-refractivity contribution in [1.82, 2.24) is 19.7 Å². The molecule has 0 aliphatic carbocycles. The van der Waals surface area contributed by atoms with Gasteiger partial charge in [0.2, 0.25) is 0 Å². The summed E-state index contributed by atoms with van der Waals surface area (Å²) in [7, 11) is 4.10. The Balaban J connectivity index is 2.31. The van der Waals surface area contributed by atoms with Gasteiger partial charge in [0.1, 0.15) is 0 Å². The molecule has 2 aromatic rings. The summed E-state index contributed by atoms with van der Waals surface area (Å²) in [6.45, 7) is 5.76. The van der Waals surface area contributed by atoms with Gasteiger partial charge in [-0.15, -0.1) is 11.3 Å². The molecule has 20 heavy (non-hydrogen) atoms. The van der Waals surface area contributed by atoms with Crippen molar-refractivity contribution in [3.63, 3.8) is 0 Å². The Morgan fingerprint density at radius 1 is 1.45 bits per heavy atom. The summed E-state index contributed by atoms with van der Waals surface area (Å²) >= 11 is 5.21. The first-order valence-electron chi connectivity index (χ1n) is 6.45. The molecule has 0 aliphatic heterocycles. The molecule has 7 heteroatoms. The average Bonchev–Trinajstić information content (AvgIpc) is 2.89. The average molecular weight is 358 g/mol. The van der Waals surface area contributed by atoms with Crippen molar-refractivity contribution >= 4 is 27.3 Å². The number of aryl methyl sites for hydroxylation is 2. The van der Waals surface area contributed by atoms with Gasteiger partial charge in [-0.25, -0.2) is 4.98 Å². The molecule has 2 aromatic heterocycles. The number of hydrogen-bond donors (Lipinski definition) is 1. The highest BCUT2D eigenvalue weighted by atomic mass is 79.9. The van der Waals surface area contributed by atoms with Crippen LogP contribution in [0.3, 0.4) is 0 Å². The lowest BCUT2D eigenvalue weighted by Gasteiger charge is -2.16. The number of likely N-dealkylation sites (N-methyl/N-ethyl adjacent to an activating group) is 1. The molecule has 0 aliphatic rings. The molecule has 5 nitrogen and oxygen atoms in total. The lowest BCUT2D eigenvalue weighted by molar-refractivity contribution is 0.368. The Bertz CT molecular complexity index is 590. The molecular formula is C13H20BrN5S. The Labute approximate surface area is 131 Å². The Morgan fingerprint density at radius 3 is 2.70 bits per heavy atom. The van der Waals surface area contributed by atoms with Crippen LogP contribution < -0.4 is 5.73 Å². The molecule has 0 spiro atoms. The SMILES string of the molecule is Cc1nc(C)c(C(N)c2c(Br)cnn2CCN(C)C)s1. The Morgan fingerprint density at radius 2 is 2.15 bits per heavy atom. The molecule has 0 saturated heterocycles. The third-order valence-corrected chi connectivity index (χ3v) is 4.88. The van der Waals surface area contributed by atoms with E-state index in [0.717, 1.165) is 38.8 Å². The minimum atomic E-state index is -0.194. The number of hydrogen-bond acceptors (Lipinski definition) is 5. The van der Waals surface area contributed by atoms with Gasteiger partial charge in [0, 0.05) is 6.54 Å². The van der Waals surface area contributed by atoms with E-state index >= 15 is 0 Å². The van der Waals surface area contributed by atoms with Gasteiger partial charge in [-0.1, -0.05) is 0 Å². The minimum Gasteiger partial charge on any atom is -0.318 e. The highest BCUT2D eigenvalue weighted by Crippen LogP contribution is 2.31. The maximum Gasteiger partial charge on any atom is 0.0900 e. The maximum atomic E-state index is 6.45. The summed E-state index contributed by atoms with van der Waals surface area (Å²) in [4.78, 5) is 7.70. The molecule has 2 heterocycles. The quantitative estimate of drug-likeness (QED) is 0.891. The second-order valence-electron chi connectivity index (χ2n) is 5.06. The number of aromatic nitrogens is 3. The first kappa shape index (κ1) is 15.6. The predicted molar refractivity (Wildman–Crippen MR) is 86.1 cm³/mol. The molecule has 110 valence electrons. The normalized spacial score (nSPS) is 13.2. The third kappa shape index (κ3) is 3.28. The molecule has 0 fully saturated rings. The molecule has 0 bridgehead atoms. The van der Waals surface area contributed by atoms with E-state index in [0.29, 0.717) is 0 Å². The van der Waals surface area contributed by atoms with Gasteiger partial charge < -0.3 is 10.6 Å². The van der Waals surface area contributed by atoms with Crippen molar-refractivity contribution in [2.24, 2.45) is 5.73 Å². The molecule has 0 amide bonds. The lowest BCUT2D eigenvalue weighted by atomic mass is 10.1. The zero-order valence-electron chi connectivity index (χ0n) is 12.2. The molecule has 2 N–H and O–H groups in total. The van der Waals surface area contributed by atoms with E-state index in [1.165, 1.54) is 0 Å². The summed E-state index contributed by atoms with van der Waals surface area (Å²) in [6.07, 6.45) is 1.81. The molecule has 0 radical (unpaired) electrons. The second kappa shape index (κ2) is 6.34. The van der Waals surface area contributed by atoms with Crippen LogP contribution in [0.25, 0.3) is 0 Å². The van der Waals surface area contributed by atoms with Gasteiger partial charge >= 0.3 is 0 Å². The van der Waals surface area contributed by atoms with Gasteiger partial charge in [0.25, 0.3) is 0 Å². The number of nitrogens with two attached hydrogens (primary N) is 1. The largest absolute Gasteiger partial charge is 0.318 e. The Kier molecular flexibility index (Phi) is 4.95. The van der Waals surface area contributed by atoms with Crippen molar-refractivity contribution in [3.05, 3.63) is 31.9 Å². The summed E-state index contributed by atoms with van der Waals surface area (Å²) in [5.41, 5.74) is 8.47. The standard InChI is InChI=1S/C13H20BrN5S/c1-8-13(20-9(2)17-8)11(15)12-10(14)7-16-19(12)6-5-18(3)4/h7,11H,5-6,15H2,1-4H3. The molecule has 1 unspecified atom stereocenters. The fourth-order valence-electron chi connectivity index (χ4n) is 2.11. The molecule has 1 atom stereocenters. The van der Waals surface area contributed by atoms with E-state index in [4.69, 9.17) is 5.73 Å². The van der Waals surface area contributed by atoms with E-state index in [-0.39, 0.29) is 6.04 Å². The summed E-state index contributed by atoms with van der Waals surface area (Å²) in [5, 5.41) is 5.46. The fraction of sp³-hybridized carbons (Fsp3) is 0.538. The van der Waals surface area contributed by atoms with Crippen LogP contribution in [0.15, 0.2) is 10.7 Å². The van der Waals surface area contributed by atoms with E-state index in [1.807, 2.05) is 24.7 Å². The van der Waals surface area contributed by atoms with E-state index in [2.05, 4.69) is 45.0 Å². The van der Waals surface area contributed by atoms with Crippen molar-refractivity contribution in [3.8, 4) is 0 Å².